The van der Waals surface area contributed by atoms with Gasteiger partial charge in [0, 0.05) is 5.25 Å². The number of carbonyl (C=O) groups is 1. The van der Waals surface area contributed by atoms with E-state index in [2.05, 4.69) is 0 Å². The summed E-state index contributed by atoms with van der Waals surface area (Å²) in [5.74, 6) is 0. The number of carbonyl (C=O) groups excluding carboxylic acids is 1. The van der Waals surface area contributed by atoms with Gasteiger partial charge in [0.2, 0.25) is 0 Å². The second-order valence-corrected chi connectivity index (χ2v) is 3.61. The highest BCUT2D eigenvalue weighted by atomic mass is 32.2. The van der Waals surface area contributed by atoms with Crippen LogP contribution in [0.25, 0.3) is 0 Å². The van der Waals surface area contributed by atoms with Crippen LogP contribution in [-0.2, 0) is 4.79 Å². The molecule has 0 aromatic rings. The molecule has 0 bridgehead atoms. The summed E-state index contributed by atoms with van der Waals surface area (Å²) in [6.07, 6.45) is 2.49. The molecule has 0 spiro atoms. The quantitative estimate of drug-likeness (QED) is 0.603. The summed E-state index contributed by atoms with van der Waals surface area (Å²) < 4.78 is 23.4. The molecule has 0 aliphatic heterocycles. The highest BCUT2D eigenvalue weighted by Crippen LogP contribution is 2.26. The first kappa shape index (κ1) is 8.71. The number of halogens is 2. The van der Waals surface area contributed by atoms with Crippen molar-refractivity contribution in [1.29, 1.82) is 0 Å². The molecule has 11 heavy (non-hydrogen) atoms. The molecular weight excluding hydrogens is 170 g/mol. The summed E-state index contributed by atoms with van der Waals surface area (Å²) in [5, 5.41) is -0.949. The van der Waals surface area contributed by atoms with E-state index < -0.39 is 11.5 Å². The van der Waals surface area contributed by atoms with Crippen molar-refractivity contribution in [2.75, 3.05) is 0 Å². The third-order valence-electron chi connectivity index (χ3n) is 1.43. The molecule has 0 heterocycles. The van der Waals surface area contributed by atoms with Gasteiger partial charge in [-0.15, -0.1) is 0 Å². The van der Waals surface area contributed by atoms with Crippen LogP contribution in [0.3, 0.4) is 0 Å². The summed E-state index contributed by atoms with van der Waals surface area (Å²) in [6.45, 7) is 0. The minimum atomic E-state index is -2.82. The van der Waals surface area contributed by atoms with E-state index in [9.17, 15) is 13.6 Å². The zero-order chi connectivity index (χ0) is 8.27. The Labute approximate surface area is 67.8 Å². The molecule has 0 atom stereocenters. The van der Waals surface area contributed by atoms with Gasteiger partial charge in [0.25, 0.3) is 5.12 Å². The van der Waals surface area contributed by atoms with Crippen LogP contribution < -0.4 is 0 Å². The van der Waals surface area contributed by atoms with E-state index in [1.807, 2.05) is 12.2 Å². The largest absolute Gasteiger partial charge is 0.306 e. The standard InChI is InChI=1S/C7H8F2OS/c8-6(9)7(10)11-5-3-1-2-4-5/h1-2,5-6H,3-4H2. The summed E-state index contributed by atoms with van der Waals surface area (Å²) >= 11 is 0.764. The molecule has 0 saturated carbocycles. The van der Waals surface area contributed by atoms with Crippen molar-refractivity contribution in [1.82, 2.24) is 0 Å². The van der Waals surface area contributed by atoms with Crippen molar-refractivity contribution in [3.8, 4) is 0 Å². The average Bonchev–Trinajstić information content (AvgIpc) is 2.39. The summed E-state index contributed by atoms with van der Waals surface area (Å²) in [7, 11) is 0. The molecule has 1 aliphatic carbocycles. The molecule has 1 nitrogen and oxygen atoms in total. The third-order valence-corrected chi connectivity index (χ3v) is 2.55. The molecule has 0 aromatic carbocycles. The maximum atomic E-state index is 11.7. The maximum absolute atomic E-state index is 11.7. The molecule has 1 rings (SSSR count). The molecule has 1 aliphatic rings. The molecule has 0 radical (unpaired) electrons. The first-order valence-corrected chi connectivity index (χ1v) is 4.22. The summed E-state index contributed by atoms with van der Waals surface area (Å²) in [4.78, 5) is 10.5. The van der Waals surface area contributed by atoms with Gasteiger partial charge in [-0.1, -0.05) is 23.9 Å². The second kappa shape index (κ2) is 3.85. The highest BCUT2D eigenvalue weighted by molar-refractivity contribution is 8.14. The van der Waals surface area contributed by atoms with Gasteiger partial charge in [-0.2, -0.15) is 0 Å². The minimum absolute atomic E-state index is 0.0523. The Bertz CT molecular complexity index is 171. The fourth-order valence-corrected chi connectivity index (χ4v) is 1.75. The van der Waals surface area contributed by atoms with Crippen molar-refractivity contribution in [3.05, 3.63) is 12.2 Å². The number of hydrogen-bond acceptors (Lipinski definition) is 2. The van der Waals surface area contributed by atoms with Crippen LogP contribution in [0, 0.1) is 0 Å². The van der Waals surface area contributed by atoms with Gasteiger partial charge >= 0.3 is 6.43 Å². The smallest absolute Gasteiger partial charge is 0.281 e. The average molecular weight is 178 g/mol. The molecule has 0 saturated heterocycles. The monoisotopic (exact) mass is 178 g/mol. The number of hydrogen-bond donors (Lipinski definition) is 0. The van der Waals surface area contributed by atoms with E-state index in [1.165, 1.54) is 0 Å². The van der Waals surface area contributed by atoms with Gasteiger partial charge in [-0.3, -0.25) is 4.79 Å². The summed E-state index contributed by atoms with van der Waals surface area (Å²) in [5.41, 5.74) is 0. The first-order valence-electron chi connectivity index (χ1n) is 3.34. The van der Waals surface area contributed by atoms with E-state index >= 15 is 0 Å². The highest BCUT2D eigenvalue weighted by Gasteiger charge is 2.21. The Balaban J connectivity index is 2.25. The van der Waals surface area contributed by atoms with Crippen molar-refractivity contribution in [2.24, 2.45) is 0 Å². The Morgan fingerprint density at radius 1 is 1.45 bits per heavy atom. The lowest BCUT2D eigenvalue weighted by molar-refractivity contribution is -0.120. The SMILES string of the molecule is O=C(SC1CC=CC1)C(F)F. The molecule has 0 fully saturated rings. The van der Waals surface area contributed by atoms with E-state index in [0.29, 0.717) is 0 Å². The van der Waals surface area contributed by atoms with Crippen LogP contribution in [0.1, 0.15) is 12.8 Å². The molecule has 62 valence electrons. The number of rotatable bonds is 2. The third kappa shape index (κ3) is 2.61. The lowest BCUT2D eigenvalue weighted by Gasteiger charge is -2.05. The zero-order valence-electron chi connectivity index (χ0n) is 5.80. The topological polar surface area (TPSA) is 17.1 Å². The lowest BCUT2D eigenvalue weighted by Crippen LogP contribution is -2.09. The van der Waals surface area contributed by atoms with E-state index in [1.54, 1.807) is 0 Å². The van der Waals surface area contributed by atoms with Gasteiger partial charge in [0.05, 0.1) is 0 Å². The van der Waals surface area contributed by atoms with Crippen LogP contribution in [-0.4, -0.2) is 16.8 Å². The number of allylic oxidation sites excluding steroid dienone is 2. The minimum Gasteiger partial charge on any atom is -0.281 e. The molecule has 4 heteroatoms. The Morgan fingerprint density at radius 3 is 2.45 bits per heavy atom. The van der Waals surface area contributed by atoms with Crippen LogP contribution in [0.2, 0.25) is 0 Å². The Morgan fingerprint density at radius 2 is 2.00 bits per heavy atom. The molecule has 0 unspecified atom stereocenters. The van der Waals surface area contributed by atoms with E-state index in [0.717, 1.165) is 24.6 Å². The van der Waals surface area contributed by atoms with Gasteiger partial charge < -0.3 is 0 Å². The fourth-order valence-electron chi connectivity index (χ4n) is 0.904. The lowest BCUT2D eigenvalue weighted by atomic mass is 10.3. The van der Waals surface area contributed by atoms with E-state index in [-0.39, 0.29) is 5.25 Å². The zero-order valence-corrected chi connectivity index (χ0v) is 6.61. The fraction of sp³-hybridized carbons (Fsp3) is 0.571. The van der Waals surface area contributed by atoms with Crippen molar-refractivity contribution in [3.63, 3.8) is 0 Å². The van der Waals surface area contributed by atoms with Crippen molar-refractivity contribution >= 4 is 16.9 Å². The van der Waals surface area contributed by atoms with E-state index in [4.69, 9.17) is 0 Å². The Hall–Kier alpha value is -0.380. The summed E-state index contributed by atoms with van der Waals surface area (Å²) in [6, 6.07) is 0. The van der Waals surface area contributed by atoms with Crippen molar-refractivity contribution in [2.45, 2.75) is 24.5 Å². The first-order chi connectivity index (χ1) is 5.20. The van der Waals surface area contributed by atoms with Gasteiger partial charge in [0.1, 0.15) is 0 Å². The van der Waals surface area contributed by atoms with Gasteiger partial charge in [0.15, 0.2) is 0 Å². The predicted molar refractivity (Wildman–Crippen MR) is 40.8 cm³/mol. The molecule has 0 aromatic heterocycles. The predicted octanol–water partition coefficient (Wildman–Crippen LogP) is 2.23. The van der Waals surface area contributed by atoms with Crippen LogP contribution >= 0.6 is 11.8 Å². The van der Waals surface area contributed by atoms with Crippen LogP contribution in [0.5, 0.6) is 0 Å². The second-order valence-electron chi connectivity index (χ2n) is 2.30. The van der Waals surface area contributed by atoms with Crippen LogP contribution in [0.15, 0.2) is 12.2 Å². The van der Waals surface area contributed by atoms with Crippen molar-refractivity contribution < 1.29 is 13.6 Å². The maximum Gasteiger partial charge on any atom is 0.306 e. The number of alkyl halides is 2. The molecule has 0 N–H and O–H groups in total. The van der Waals surface area contributed by atoms with Gasteiger partial charge in [-0.25, -0.2) is 8.78 Å². The van der Waals surface area contributed by atoms with Crippen LogP contribution in [0.4, 0.5) is 8.78 Å². The normalized spacial score (nSPS) is 18.1. The number of thioether (sulfide) groups is 1. The van der Waals surface area contributed by atoms with Gasteiger partial charge in [-0.05, 0) is 12.8 Å². The Kier molecular flexibility index (Phi) is 3.05. The molecule has 0 amide bonds. The molecular formula is C7H8F2OS.